The quantitative estimate of drug-likeness (QED) is 0.809. The van der Waals surface area contributed by atoms with E-state index in [1.54, 1.807) is 0 Å². The Labute approximate surface area is 114 Å². The van der Waals surface area contributed by atoms with Gasteiger partial charge in [0, 0.05) is 25.7 Å². The number of likely N-dealkylation sites (N-methyl/N-ethyl adjacent to an activating group) is 1. The molecule has 0 aromatic carbocycles. The Balaban J connectivity index is 1.80. The first-order chi connectivity index (χ1) is 8.46. The normalized spacial score (nSPS) is 30.7. The van der Waals surface area contributed by atoms with Gasteiger partial charge in [0.1, 0.15) is 0 Å². The lowest BCUT2D eigenvalue weighted by Gasteiger charge is -2.39. The van der Waals surface area contributed by atoms with Crippen LogP contribution in [-0.2, 0) is 0 Å². The Morgan fingerprint density at radius 1 is 1.11 bits per heavy atom. The van der Waals surface area contributed by atoms with Crippen LogP contribution in [0.2, 0.25) is 0 Å². The van der Waals surface area contributed by atoms with Crippen molar-refractivity contribution in [3.8, 4) is 0 Å². The number of nitrogens with zero attached hydrogens (tertiary/aromatic N) is 1. The van der Waals surface area contributed by atoms with Crippen molar-refractivity contribution in [2.45, 2.75) is 59.4 Å². The van der Waals surface area contributed by atoms with Gasteiger partial charge in [0.2, 0.25) is 0 Å². The van der Waals surface area contributed by atoms with Crippen LogP contribution in [0.3, 0.4) is 0 Å². The van der Waals surface area contributed by atoms with Gasteiger partial charge in [0.15, 0.2) is 0 Å². The molecule has 2 heteroatoms. The number of rotatable bonds is 5. The lowest BCUT2D eigenvalue weighted by atomic mass is 9.88. The summed E-state index contributed by atoms with van der Waals surface area (Å²) >= 11 is 0. The molecule has 1 saturated carbocycles. The van der Waals surface area contributed by atoms with E-state index in [0.29, 0.717) is 5.41 Å². The third kappa shape index (κ3) is 4.89. The lowest BCUT2D eigenvalue weighted by Crippen LogP contribution is -2.50. The molecule has 1 heterocycles. The van der Waals surface area contributed by atoms with Gasteiger partial charge in [-0.05, 0) is 36.6 Å². The largest absolute Gasteiger partial charge is 0.312 e. The van der Waals surface area contributed by atoms with Gasteiger partial charge in [-0.2, -0.15) is 0 Å². The van der Waals surface area contributed by atoms with E-state index in [0.717, 1.165) is 24.4 Å². The zero-order chi connectivity index (χ0) is 13.2. The number of likely N-dealkylation sites (tertiary alicyclic amines) is 1. The molecule has 0 bridgehead atoms. The average Bonchev–Trinajstić information content (AvgIpc) is 3.09. The van der Waals surface area contributed by atoms with Gasteiger partial charge in [-0.3, -0.25) is 0 Å². The summed E-state index contributed by atoms with van der Waals surface area (Å²) < 4.78 is 0. The fourth-order valence-electron chi connectivity index (χ4n) is 3.16. The third-order valence-corrected chi connectivity index (χ3v) is 4.34. The number of nitrogens with one attached hydrogen (secondary N) is 1. The van der Waals surface area contributed by atoms with E-state index in [-0.39, 0.29) is 0 Å². The molecule has 1 aliphatic carbocycles. The van der Waals surface area contributed by atoms with Gasteiger partial charge in [-0.1, -0.05) is 40.5 Å². The molecule has 1 N–H and O–H groups in total. The SMILES string of the molecule is CCN1CC(CC2CC2)CC(NCC(C)(C)C)C1. The number of hydrogen-bond acceptors (Lipinski definition) is 2. The topological polar surface area (TPSA) is 15.3 Å². The smallest absolute Gasteiger partial charge is 0.0198 e. The molecule has 2 nitrogen and oxygen atoms in total. The molecule has 2 unspecified atom stereocenters. The van der Waals surface area contributed by atoms with Crippen molar-refractivity contribution in [3.05, 3.63) is 0 Å². The maximum atomic E-state index is 3.81. The van der Waals surface area contributed by atoms with Crippen LogP contribution in [0, 0.1) is 17.3 Å². The maximum absolute atomic E-state index is 3.81. The van der Waals surface area contributed by atoms with Crippen LogP contribution in [0.5, 0.6) is 0 Å². The van der Waals surface area contributed by atoms with Crippen LogP contribution in [0.4, 0.5) is 0 Å². The van der Waals surface area contributed by atoms with Gasteiger partial charge < -0.3 is 10.2 Å². The second kappa shape index (κ2) is 5.92. The third-order valence-electron chi connectivity index (χ3n) is 4.34. The predicted molar refractivity (Wildman–Crippen MR) is 78.8 cm³/mol. The molecule has 2 atom stereocenters. The molecule has 0 spiro atoms. The van der Waals surface area contributed by atoms with Gasteiger partial charge in [0.25, 0.3) is 0 Å². The molecule has 1 saturated heterocycles. The monoisotopic (exact) mass is 252 g/mol. The molecule has 18 heavy (non-hydrogen) atoms. The molecule has 2 aliphatic rings. The van der Waals surface area contributed by atoms with Crippen LogP contribution >= 0.6 is 0 Å². The van der Waals surface area contributed by atoms with Gasteiger partial charge in [-0.25, -0.2) is 0 Å². The van der Waals surface area contributed by atoms with Crippen molar-refractivity contribution in [1.29, 1.82) is 0 Å². The Hall–Kier alpha value is -0.0800. The summed E-state index contributed by atoms with van der Waals surface area (Å²) in [5.41, 5.74) is 0.403. The van der Waals surface area contributed by atoms with E-state index in [9.17, 15) is 0 Å². The van der Waals surface area contributed by atoms with Gasteiger partial charge in [0.05, 0.1) is 0 Å². The summed E-state index contributed by atoms with van der Waals surface area (Å²) in [6, 6.07) is 0.724. The fourth-order valence-corrected chi connectivity index (χ4v) is 3.16. The Bertz CT molecular complexity index is 252. The van der Waals surface area contributed by atoms with Crippen LogP contribution in [0.25, 0.3) is 0 Å². The zero-order valence-electron chi connectivity index (χ0n) is 12.8. The molecule has 0 radical (unpaired) electrons. The van der Waals surface area contributed by atoms with Crippen molar-refractivity contribution in [2.75, 3.05) is 26.2 Å². The summed E-state index contributed by atoms with van der Waals surface area (Å²) in [4.78, 5) is 2.65. The Morgan fingerprint density at radius 3 is 2.39 bits per heavy atom. The van der Waals surface area contributed by atoms with E-state index in [1.807, 2.05) is 0 Å². The standard InChI is InChI=1S/C16H32N2/c1-5-18-10-14(8-13-6-7-13)9-15(11-18)17-12-16(2,3)4/h13-15,17H,5-12H2,1-4H3. The zero-order valence-corrected chi connectivity index (χ0v) is 12.8. The highest BCUT2D eigenvalue weighted by molar-refractivity contribution is 4.87. The minimum atomic E-state index is 0.403. The minimum absolute atomic E-state index is 0.403. The summed E-state index contributed by atoms with van der Waals surface area (Å²) in [5, 5.41) is 3.81. The summed E-state index contributed by atoms with van der Waals surface area (Å²) in [7, 11) is 0. The average molecular weight is 252 g/mol. The maximum Gasteiger partial charge on any atom is 0.0198 e. The highest BCUT2D eigenvalue weighted by Crippen LogP contribution is 2.37. The first-order valence-corrected chi connectivity index (χ1v) is 7.92. The van der Waals surface area contributed by atoms with Crippen molar-refractivity contribution in [3.63, 3.8) is 0 Å². The van der Waals surface area contributed by atoms with Crippen molar-refractivity contribution < 1.29 is 0 Å². The molecule has 0 aromatic heterocycles. The Morgan fingerprint density at radius 2 is 1.83 bits per heavy atom. The molecule has 2 rings (SSSR count). The van der Waals surface area contributed by atoms with Crippen molar-refractivity contribution >= 4 is 0 Å². The lowest BCUT2D eigenvalue weighted by molar-refractivity contribution is 0.133. The predicted octanol–water partition coefficient (Wildman–Crippen LogP) is 3.13. The van der Waals surface area contributed by atoms with Crippen molar-refractivity contribution in [2.24, 2.45) is 17.3 Å². The highest BCUT2D eigenvalue weighted by atomic mass is 15.2. The summed E-state index contributed by atoms with van der Waals surface area (Å²) in [5.74, 6) is 2.03. The summed E-state index contributed by atoms with van der Waals surface area (Å²) in [6.45, 7) is 14.2. The Kier molecular flexibility index (Phi) is 4.71. The molecule has 0 aromatic rings. The number of hydrogen-bond donors (Lipinski definition) is 1. The molecular weight excluding hydrogens is 220 g/mol. The highest BCUT2D eigenvalue weighted by Gasteiger charge is 2.31. The van der Waals surface area contributed by atoms with E-state index < -0.39 is 0 Å². The van der Waals surface area contributed by atoms with Crippen molar-refractivity contribution in [1.82, 2.24) is 10.2 Å². The molecule has 0 amide bonds. The van der Waals surface area contributed by atoms with E-state index in [1.165, 1.54) is 45.3 Å². The van der Waals surface area contributed by atoms with E-state index in [2.05, 4.69) is 37.9 Å². The van der Waals surface area contributed by atoms with Gasteiger partial charge in [-0.15, -0.1) is 0 Å². The first kappa shape index (κ1) is 14.3. The van der Waals surface area contributed by atoms with E-state index >= 15 is 0 Å². The summed E-state index contributed by atoms with van der Waals surface area (Å²) in [6.07, 6.45) is 5.90. The molecule has 2 fully saturated rings. The molecular formula is C16H32N2. The fraction of sp³-hybridized carbons (Fsp3) is 1.00. The second-order valence-electron chi connectivity index (χ2n) is 7.77. The molecule has 106 valence electrons. The van der Waals surface area contributed by atoms with E-state index in [4.69, 9.17) is 0 Å². The van der Waals surface area contributed by atoms with Gasteiger partial charge >= 0.3 is 0 Å². The first-order valence-electron chi connectivity index (χ1n) is 7.92. The minimum Gasteiger partial charge on any atom is -0.312 e. The number of piperidine rings is 1. The molecule has 1 aliphatic heterocycles. The van der Waals surface area contributed by atoms with Crippen LogP contribution in [0.15, 0.2) is 0 Å². The second-order valence-corrected chi connectivity index (χ2v) is 7.77. The van der Waals surface area contributed by atoms with Crippen LogP contribution in [0.1, 0.15) is 53.4 Å². The van der Waals surface area contributed by atoms with Crippen LogP contribution in [-0.4, -0.2) is 37.1 Å². The van der Waals surface area contributed by atoms with Crippen LogP contribution < -0.4 is 5.32 Å².